The van der Waals surface area contributed by atoms with E-state index in [-0.39, 0.29) is 25.0 Å². The van der Waals surface area contributed by atoms with E-state index < -0.39 is 13.7 Å². The molecule has 1 atom stereocenters. The van der Waals surface area contributed by atoms with Crippen molar-refractivity contribution in [3.05, 3.63) is 11.9 Å². The van der Waals surface area contributed by atoms with E-state index in [9.17, 15) is 14.2 Å². The van der Waals surface area contributed by atoms with Crippen molar-refractivity contribution in [1.82, 2.24) is 0 Å². The number of esters is 2. The molecule has 0 aromatic rings. The zero-order valence-electron chi connectivity index (χ0n) is 29.3. The molecule has 0 aromatic heterocycles. The number of carbonyl (C=O) groups is 2. The monoisotopic (exact) mass is 658 g/mol. The van der Waals surface area contributed by atoms with Crippen molar-refractivity contribution >= 4 is 19.5 Å². The Morgan fingerprint density at radius 2 is 0.889 bits per heavy atom. The first-order chi connectivity index (χ1) is 21.8. The van der Waals surface area contributed by atoms with Crippen LogP contribution in [0.25, 0.3) is 0 Å². The predicted octanol–water partition coefficient (Wildman–Crippen LogP) is 11.5. The van der Waals surface area contributed by atoms with Gasteiger partial charge >= 0.3 is 19.5 Å². The van der Waals surface area contributed by atoms with Crippen LogP contribution in [-0.2, 0) is 23.6 Å². The van der Waals surface area contributed by atoms with E-state index in [4.69, 9.17) is 19.3 Å². The molecule has 2 N–H and O–H groups in total. The lowest BCUT2D eigenvalue weighted by atomic mass is 10.0. The molecular weight excluding hydrogens is 587 g/mol. The van der Waals surface area contributed by atoms with Gasteiger partial charge in [-0.15, -0.1) is 0 Å². The minimum atomic E-state index is -4.31. The molecule has 0 radical (unpaired) electrons. The lowest BCUT2D eigenvalue weighted by Gasteiger charge is -2.17. The standard InChI is InChI=1S/C37H71O7P/c1-3-5-7-9-11-13-15-17-19-21-23-25-27-31-36(38)43-34-35(30-29-33-45(40,41)42)44-37(39)32-28-26-24-22-20-18-16-14-12-10-8-6-4-2/h29,33,35H,3-28,30-32,34H2,1-2H3,(H2,40,41,42)/b33-29-/t35-/m1/s1. The summed E-state index contributed by atoms with van der Waals surface area (Å²) < 4.78 is 22.1. The highest BCUT2D eigenvalue weighted by molar-refractivity contribution is 7.55. The van der Waals surface area contributed by atoms with Crippen LogP contribution in [0.1, 0.15) is 200 Å². The number of hydrogen-bond acceptors (Lipinski definition) is 5. The van der Waals surface area contributed by atoms with Gasteiger partial charge in [-0.25, -0.2) is 0 Å². The zero-order valence-corrected chi connectivity index (χ0v) is 30.2. The molecule has 0 bridgehead atoms. The molecule has 8 heteroatoms. The van der Waals surface area contributed by atoms with Crippen LogP contribution in [0.2, 0.25) is 0 Å². The summed E-state index contributed by atoms with van der Waals surface area (Å²) in [7, 11) is -4.31. The van der Waals surface area contributed by atoms with Gasteiger partial charge in [0.15, 0.2) is 0 Å². The van der Waals surface area contributed by atoms with Gasteiger partial charge in [0.2, 0.25) is 0 Å². The molecule has 0 spiro atoms. The molecule has 0 amide bonds. The van der Waals surface area contributed by atoms with Crippen molar-refractivity contribution in [2.45, 2.75) is 206 Å². The van der Waals surface area contributed by atoms with Crippen molar-refractivity contribution in [3.63, 3.8) is 0 Å². The van der Waals surface area contributed by atoms with E-state index in [0.29, 0.717) is 12.8 Å². The van der Waals surface area contributed by atoms with Gasteiger partial charge in [-0.2, -0.15) is 0 Å². The minimum Gasteiger partial charge on any atom is -0.462 e. The summed E-state index contributed by atoms with van der Waals surface area (Å²) in [5.41, 5.74) is 0. The summed E-state index contributed by atoms with van der Waals surface area (Å²) in [6.45, 7) is 4.39. The Balaban J connectivity index is 4.04. The minimum absolute atomic E-state index is 0.0848. The number of unbranched alkanes of at least 4 members (excludes halogenated alkanes) is 24. The number of carbonyl (C=O) groups excluding carboxylic acids is 2. The fraction of sp³-hybridized carbons (Fsp3) is 0.892. The van der Waals surface area contributed by atoms with E-state index in [1.54, 1.807) is 0 Å². The molecule has 7 nitrogen and oxygen atoms in total. The Labute approximate surface area is 277 Å². The van der Waals surface area contributed by atoms with Crippen LogP contribution >= 0.6 is 7.60 Å². The molecular formula is C37H71O7P. The van der Waals surface area contributed by atoms with E-state index >= 15 is 0 Å². The Bertz CT molecular complexity index is 749. The van der Waals surface area contributed by atoms with Crippen LogP contribution < -0.4 is 0 Å². The van der Waals surface area contributed by atoms with Crippen LogP contribution in [0.15, 0.2) is 11.9 Å². The van der Waals surface area contributed by atoms with E-state index in [1.807, 2.05) is 0 Å². The van der Waals surface area contributed by atoms with Gasteiger partial charge in [0.05, 0.1) is 0 Å². The fourth-order valence-electron chi connectivity index (χ4n) is 5.58. The third-order valence-corrected chi connectivity index (χ3v) is 9.00. The van der Waals surface area contributed by atoms with Crippen LogP contribution in [0, 0.1) is 0 Å². The quantitative estimate of drug-likeness (QED) is 0.0402. The summed E-state index contributed by atoms with van der Waals surface area (Å²) in [5.74, 6) is 0.116. The third kappa shape index (κ3) is 35.5. The average Bonchev–Trinajstić information content (AvgIpc) is 2.99. The van der Waals surface area contributed by atoms with Gasteiger partial charge in [-0.1, -0.05) is 174 Å². The van der Waals surface area contributed by atoms with Gasteiger partial charge in [0.1, 0.15) is 12.7 Å². The van der Waals surface area contributed by atoms with Gasteiger partial charge in [-0.3, -0.25) is 14.2 Å². The number of hydrogen-bond donors (Lipinski definition) is 2. The second-order valence-electron chi connectivity index (χ2n) is 13.0. The Morgan fingerprint density at radius 3 is 1.24 bits per heavy atom. The van der Waals surface area contributed by atoms with Crippen LogP contribution in [0.3, 0.4) is 0 Å². The Kier molecular flexibility index (Phi) is 31.9. The van der Waals surface area contributed by atoms with Gasteiger partial charge in [0.25, 0.3) is 0 Å². The molecule has 0 aromatic carbocycles. The normalized spacial score (nSPS) is 12.5. The summed E-state index contributed by atoms with van der Waals surface area (Å²) in [5, 5.41) is 0. The van der Waals surface area contributed by atoms with Crippen molar-refractivity contribution in [3.8, 4) is 0 Å². The first-order valence-electron chi connectivity index (χ1n) is 18.9. The SMILES string of the molecule is CCCCCCCCCCCCCCCC(=O)OC[C@@H](C/C=C\P(=O)(O)O)OC(=O)CCCCCCCCCCCCCCC. The molecule has 0 rings (SSSR count). The molecule has 0 aliphatic carbocycles. The lowest BCUT2D eigenvalue weighted by molar-refractivity contribution is -0.159. The summed E-state index contributed by atoms with van der Waals surface area (Å²) >= 11 is 0. The number of ether oxygens (including phenoxy) is 2. The first kappa shape index (κ1) is 43.8. The predicted molar refractivity (Wildman–Crippen MR) is 187 cm³/mol. The van der Waals surface area contributed by atoms with Crippen LogP contribution in [0.4, 0.5) is 0 Å². The summed E-state index contributed by atoms with van der Waals surface area (Å²) in [6, 6.07) is 0. The molecule has 0 saturated heterocycles. The van der Waals surface area contributed by atoms with E-state index in [0.717, 1.165) is 44.3 Å². The highest BCUT2D eigenvalue weighted by atomic mass is 31.2. The van der Waals surface area contributed by atoms with Gasteiger partial charge in [0, 0.05) is 25.1 Å². The molecule has 0 aliphatic heterocycles. The van der Waals surface area contributed by atoms with Crippen LogP contribution in [-0.4, -0.2) is 34.4 Å². The van der Waals surface area contributed by atoms with Gasteiger partial charge < -0.3 is 19.3 Å². The smallest absolute Gasteiger partial charge is 0.348 e. The maximum absolute atomic E-state index is 12.4. The maximum atomic E-state index is 12.4. The highest BCUT2D eigenvalue weighted by Gasteiger charge is 2.17. The van der Waals surface area contributed by atoms with Crippen molar-refractivity contribution < 1.29 is 33.4 Å². The fourth-order valence-corrected chi connectivity index (χ4v) is 5.97. The molecule has 0 fully saturated rings. The van der Waals surface area contributed by atoms with Crippen LogP contribution in [0.5, 0.6) is 0 Å². The molecule has 45 heavy (non-hydrogen) atoms. The third-order valence-electron chi connectivity index (χ3n) is 8.40. The van der Waals surface area contributed by atoms with Crippen molar-refractivity contribution in [1.29, 1.82) is 0 Å². The lowest BCUT2D eigenvalue weighted by Crippen LogP contribution is -2.25. The molecule has 0 heterocycles. The van der Waals surface area contributed by atoms with Crippen molar-refractivity contribution in [2.75, 3.05) is 6.61 Å². The summed E-state index contributed by atoms with van der Waals surface area (Å²) in [4.78, 5) is 42.9. The first-order valence-corrected chi connectivity index (χ1v) is 20.5. The Morgan fingerprint density at radius 1 is 0.556 bits per heavy atom. The van der Waals surface area contributed by atoms with E-state index in [1.165, 1.54) is 134 Å². The average molecular weight is 659 g/mol. The molecule has 0 unspecified atom stereocenters. The number of rotatable bonds is 34. The zero-order chi connectivity index (χ0) is 33.3. The summed E-state index contributed by atoms with van der Waals surface area (Å²) in [6.07, 6.45) is 33.3. The molecule has 266 valence electrons. The second-order valence-corrected chi connectivity index (χ2v) is 14.5. The second kappa shape index (κ2) is 32.8. The van der Waals surface area contributed by atoms with Gasteiger partial charge in [-0.05, 0) is 12.8 Å². The largest absolute Gasteiger partial charge is 0.462 e. The molecule has 0 saturated carbocycles. The van der Waals surface area contributed by atoms with Crippen molar-refractivity contribution in [2.24, 2.45) is 0 Å². The molecule has 0 aliphatic rings. The topological polar surface area (TPSA) is 110 Å². The maximum Gasteiger partial charge on any atom is 0.348 e. The highest BCUT2D eigenvalue weighted by Crippen LogP contribution is 2.36. The van der Waals surface area contributed by atoms with E-state index in [2.05, 4.69) is 13.8 Å². The Hall–Kier alpha value is -1.17.